The molecule has 7 heteroatoms. The van der Waals surface area contributed by atoms with Gasteiger partial charge in [0.1, 0.15) is 17.1 Å². The SMILES string of the molecule is COc1cc(=O)n2c(c1C(=O)N(C)[C@H](C)c1ccco1)CCN(CCC(C)C)CC2. The van der Waals surface area contributed by atoms with Gasteiger partial charge in [0.2, 0.25) is 0 Å². The first kappa shape index (κ1) is 22.2. The van der Waals surface area contributed by atoms with Crippen LogP contribution in [0, 0.1) is 5.92 Å². The van der Waals surface area contributed by atoms with Crippen LogP contribution < -0.4 is 10.3 Å². The molecule has 0 bridgehead atoms. The fourth-order valence-corrected chi connectivity index (χ4v) is 3.92. The fraction of sp³-hybridized carbons (Fsp3) is 0.565. The molecule has 0 saturated carbocycles. The number of fused-ring (bicyclic) bond motifs is 1. The van der Waals surface area contributed by atoms with Crippen LogP contribution in [0.15, 0.2) is 33.7 Å². The quantitative estimate of drug-likeness (QED) is 0.695. The van der Waals surface area contributed by atoms with Crippen molar-refractivity contribution in [3.63, 3.8) is 0 Å². The third-order valence-electron chi connectivity index (χ3n) is 6.00. The number of ether oxygens (including phenoxy) is 1. The molecule has 0 aliphatic carbocycles. The zero-order valence-corrected chi connectivity index (χ0v) is 18.7. The first-order chi connectivity index (χ1) is 14.3. The summed E-state index contributed by atoms with van der Waals surface area (Å²) in [5, 5.41) is 0. The Kier molecular flexibility index (Phi) is 7.02. The number of methoxy groups -OCH3 is 1. The number of amides is 1. The molecule has 2 aromatic heterocycles. The molecule has 1 atom stereocenters. The zero-order chi connectivity index (χ0) is 21.8. The monoisotopic (exact) mass is 415 g/mol. The molecule has 7 nitrogen and oxygen atoms in total. The average Bonchev–Trinajstić information content (AvgIpc) is 3.18. The molecule has 0 aromatic carbocycles. The summed E-state index contributed by atoms with van der Waals surface area (Å²) in [7, 11) is 3.26. The molecule has 3 rings (SSSR count). The molecule has 0 spiro atoms. The van der Waals surface area contributed by atoms with E-state index in [1.807, 2.05) is 19.1 Å². The van der Waals surface area contributed by atoms with E-state index in [0.717, 1.165) is 31.7 Å². The maximum Gasteiger partial charge on any atom is 0.259 e. The lowest BCUT2D eigenvalue weighted by Crippen LogP contribution is -2.34. The van der Waals surface area contributed by atoms with Crippen molar-refractivity contribution < 1.29 is 13.9 Å². The number of pyridine rings is 1. The molecular formula is C23H33N3O4. The summed E-state index contributed by atoms with van der Waals surface area (Å²) in [6.45, 7) is 9.55. The van der Waals surface area contributed by atoms with Gasteiger partial charge in [0.15, 0.2) is 0 Å². The molecule has 2 aromatic rings. The zero-order valence-electron chi connectivity index (χ0n) is 18.7. The second-order valence-corrected chi connectivity index (χ2v) is 8.41. The number of hydrogen-bond donors (Lipinski definition) is 0. The number of carbonyl (C=O) groups excluding carboxylic acids is 1. The molecule has 0 radical (unpaired) electrons. The molecule has 30 heavy (non-hydrogen) atoms. The van der Waals surface area contributed by atoms with Gasteiger partial charge >= 0.3 is 0 Å². The standard InChI is InChI=1S/C23H33N3O4/c1-16(2)8-10-25-11-9-18-22(20(29-5)15-21(27)26(18)13-12-25)23(28)24(4)17(3)19-7-6-14-30-19/h6-7,14-17H,8-13H2,1-5H3/t17-/m1/s1. The first-order valence-electron chi connectivity index (χ1n) is 10.7. The Morgan fingerprint density at radius 1 is 1.27 bits per heavy atom. The molecular weight excluding hydrogens is 382 g/mol. The molecule has 0 N–H and O–H groups in total. The summed E-state index contributed by atoms with van der Waals surface area (Å²) in [6, 6.07) is 4.86. The molecule has 1 amide bonds. The summed E-state index contributed by atoms with van der Waals surface area (Å²) in [5.74, 6) is 1.51. The normalized spacial score (nSPS) is 15.5. The molecule has 164 valence electrons. The summed E-state index contributed by atoms with van der Waals surface area (Å²) in [6.07, 6.45) is 3.35. The van der Waals surface area contributed by atoms with Crippen molar-refractivity contribution in [2.24, 2.45) is 5.92 Å². The van der Waals surface area contributed by atoms with E-state index < -0.39 is 0 Å². The van der Waals surface area contributed by atoms with Gasteiger partial charge in [-0.1, -0.05) is 13.8 Å². The van der Waals surface area contributed by atoms with Gasteiger partial charge in [0.25, 0.3) is 11.5 Å². The van der Waals surface area contributed by atoms with Crippen molar-refractivity contribution in [2.75, 3.05) is 33.8 Å². The third-order valence-corrected chi connectivity index (χ3v) is 6.00. The molecule has 1 aliphatic heterocycles. The molecule has 0 saturated heterocycles. The van der Waals surface area contributed by atoms with Gasteiger partial charge in [0.05, 0.1) is 19.4 Å². The summed E-state index contributed by atoms with van der Waals surface area (Å²) in [5.41, 5.74) is 1.12. The predicted molar refractivity (Wildman–Crippen MR) is 116 cm³/mol. The van der Waals surface area contributed by atoms with E-state index >= 15 is 0 Å². The first-order valence-corrected chi connectivity index (χ1v) is 10.7. The van der Waals surface area contributed by atoms with Crippen molar-refractivity contribution in [3.8, 4) is 5.75 Å². The van der Waals surface area contributed by atoms with E-state index in [2.05, 4.69) is 18.7 Å². The second kappa shape index (κ2) is 9.51. The van der Waals surface area contributed by atoms with Crippen LogP contribution in [0.25, 0.3) is 0 Å². The Bertz CT molecular complexity index is 917. The molecule has 3 heterocycles. The topological polar surface area (TPSA) is 67.9 Å². The number of carbonyl (C=O) groups is 1. The van der Waals surface area contributed by atoms with E-state index in [1.54, 1.807) is 22.8 Å². The lowest BCUT2D eigenvalue weighted by molar-refractivity contribution is 0.0720. The van der Waals surface area contributed by atoms with Crippen molar-refractivity contribution in [3.05, 3.63) is 51.8 Å². The molecule has 0 fully saturated rings. The Balaban J connectivity index is 1.94. The van der Waals surface area contributed by atoms with Crippen molar-refractivity contribution >= 4 is 5.91 Å². The summed E-state index contributed by atoms with van der Waals surface area (Å²) in [4.78, 5) is 30.3. The number of furan rings is 1. The number of rotatable bonds is 7. The van der Waals surface area contributed by atoms with Gasteiger partial charge in [-0.3, -0.25) is 9.59 Å². The Morgan fingerprint density at radius 3 is 2.67 bits per heavy atom. The van der Waals surface area contributed by atoms with E-state index in [1.165, 1.54) is 13.2 Å². The Morgan fingerprint density at radius 2 is 2.03 bits per heavy atom. The lowest BCUT2D eigenvalue weighted by Gasteiger charge is -2.26. The minimum Gasteiger partial charge on any atom is -0.496 e. The lowest BCUT2D eigenvalue weighted by atomic mass is 10.1. The highest BCUT2D eigenvalue weighted by molar-refractivity contribution is 5.98. The van der Waals surface area contributed by atoms with Crippen molar-refractivity contribution in [2.45, 2.75) is 46.2 Å². The van der Waals surface area contributed by atoms with Crippen molar-refractivity contribution in [1.29, 1.82) is 0 Å². The van der Waals surface area contributed by atoms with E-state index in [4.69, 9.17) is 9.15 Å². The van der Waals surface area contributed by atoms with Crippen LogP contribution in [-0.4, -0.2) is 54.1 Å². The van der Waals surface area contributed by atoms with Crippen LogP contribution in [0.1, 0.15) is 55.0 Å². The maximum atomic E-state index is 13.5. The van der Waals surface area contributed by atoms with Crippen LogP contribution >= 0.6 is 0 Å². The van der Waals surface area contributed by atoms with Gasteiger partial charge in [-0.2, -0.15) is 0 Å². The van der Waals surface area contributed by atoms with Gasteiger partial charge in [-0.15, -0.1) is 0 Å². The minimum atomic E-state index is -0.238. The van der Waals surface area contributed by atoms with E-state index in [9.17, 15) is 9.59 Å². The Labute approximate surface area is 178 Å². The van der Waals surface area contributed by atoms with Crippen LogP contribution in [0.5, 0.6) is 5.75 Å². The van der Waals surface area contributed by atoms with Gasteiger partial charge in [-0.05, 0) is 37.9 Å². The van der Waals surface area contributed by atoms with Gasteiger partial charge in [0, 0.05) is 44.9 Å². The van der Waals surface area contributed by atoms with Crippen LogP contribution in [0.2, 0.25) is 0 Å². The molecule has 0 unspecified atom stereocenters. The minimum absolute atomic E-state index is 0.120. The molecule has 1 aliphatic rings. The largest absolute Gasteiger partial charge is 0.496 e. The maximum absolute atomic E-state index is 13.5. The highest BCUT2D eigenvalue weighted by Gasteiger charge is 2.29. The number of hydrogen-bond acceptors (Lipinski definition) is 5. The van der Waals surface area contributed by atoms with Gasteiger partial charge < -0.3 is 23.5 Å². The third kappa shape index (κ3) is 4.61. The number of nitrogens with zero attached hydrogens (tertiary/aromatic N) is 3. The Hall–Kier alpha value is -2.54. The predicted octanol–water partition coefficient (Wildman–Crippen LogP) is 3.19. The highest BCUT2D eigenvalue weighted by atomic mass is 16.5. The summed E-state index contributed by atoms with van der Waals surface area (Å²) < 4.78 is 12.7. The van der Waals surface area contributed by atoms with Crippen molar-refractivity contribution in [1.82, 2.24) is 14.4 Å². The van der Waals surface area contributed by atoms with Crippen LogP contribution in [0.3, 0.4) is 0 Å². The highest BCUT2D eigenvalue weighted by Crippen LogP contribution is 2.28. The van der Waals surface area contributed by atoms with E-state index in [-0.39, 0.29) is 17.5 Å². The second-order valence-electron chi connectivity index (χ2n) is 8.41. The van der Waals surface area contributed by atoms with Gasteiger partial charge in [-0.25, -0.2) is 0 Å². The van der Waals surface area contributed by atoms with Crippen LogP contribution in [-0.2, 0) is 13.0 Å². The van der Waals surface area contributed by atoms with Crippen LogP contribution in [0.4, 0.5) is 0 Å². The average molecular weight is 416 g/mol. The number of aromatic nitrogens is 1. The summed E-state index contributed by atoms with van der Waals surface area (Å²) >= 11 is 0. The smallest absolute Gasteiger partial charge is 0.259 e. The fourth-order valence-electron chi connectivity index (χ4n) is 3.92. The van der Waals surface area contributed by atoms with E-state index in [0.29, 0.717) is 36.0 Å².